The fourth-order valence-electron chi connectivity index (χ4n) is 5.02. The van der Waals surface area contributed by atoms with Crippen molar-refractivity contribution in [1.29, 1.82) is 0 Å². The zero-order valence-corrected chi connectivity index (χ0v) is 28.0. The summed E-state index contributed by atoms with van der Waals surface area (Å²) in [5, 5.41) is 33.0. The van der Waals surface area contributed by atoms with Crippen molar-refractivity contribution in [1.82, 2.24) is 0 Å². The molecule has 0 saturated carbocycles. The van der Waals surface area contributed by atoms with E-state index in [1.165, 1.54) is 0 Å². The number of phenolic OH excluding ortho intramolecular Hbond substituents is 3. The van der Waals surface area contributed by atoms with Crippen LogP contribution in [0.3, 0.4) is 0 Å². The van der Waals surface area contributed by atoms with Crippen molar-refractivity contribution in [3.63, 3.8) is 0 Å². The van der Waals surface area contributed by atoms with Gasteiger partial charge in [-0.05, 0) is 109 Å². The van der Waals surface area contributed by atoms with E-state index in [2.05, 4.69) is 0 Å². The van der Waals surface area contributed by atoms with Crippen molar-refractivity contribution in [2.45, 2.75) is 0 Å². The van der Waals surface area contributed by atoms with E-state index in [1.54, 1.807) is 72.8 Å². The van der Waals surface area contributed by atoms with E-state index in [1.807, 2.05) is 91.0 Å². The van der Waals surface area contributed by atoms with Crippen LogP contribution in [0.15, 0.2) is 177 Å². The molecule has 6 aromatic rings. The summed E-state index contributed by atoms with van der Waals surface area (Å²) in [4.78, 5) is 0. The van der Waals surface area contributed by atoms with Gasteiger partial charge < -0.3 is 28.9 Å². The van der Waals surface area contributed by atoms with Crippen molar-refractivity contribution in [3.8, 4) is 34.5 Å². The number of para-hydroxylation sites is 3. The predicted molar refractivity (Wildman–Crippen MR) is 192 cm³/mol. The number of rotatable bonds is 9. The van der Waals surface area contributed by atoms with Gasteiger partial charge in [-0.15, -0.1) is 4.52 Å². The Hall–Kier alpha value is -5.19. The quantitative estimate of drug-likeness (QED) is 0.130. The molecule has 0 bridgehead atoms. The van der Waals surface area contributed by atoms with Gasteiger partial charge in [0.2, 0.25) is 0 Å². The molecule has 9 nitrogen and oxygen atoms in total. The van der Waals surface area contributed by atoms with Crippen LogP contribution in [0.2, 0.25) is 0 Å². The van der Waals surface area contributed by atoms with Crippen molar-refractivity contribution in [3.05, 3.63) is 164 Å². The summed E-state index contributed by atoms with van der Waals surface area (Å²) in [6.45, 7) is 0. The molecule has 0 radical (unpaired) electrons. The van der Waals surface area contributed by atoms with Gasteiger partial charge in [-0.1, -0.05) is 54.6 Å². The Morgan fingerprint density at radius 3 is 1.10 bits per heavy atom. The highest BCUT2D eigenvalue weighted by molar-refractivity contribution is 7.92. The molecule has 1 heterocycles. The summed E-state index contributed by atoms with van der Waals surface area (Å²) in [6, 6.07) is 47.8. The third-order valence-corrected chi connectivity index (χ3v) is 17.4. The van der Waals surface area contributed by atoms with Crippen molar-refractivity contribution >= 4 is 38.2 Å². The minimum Gasteiger partial charge on any atom is -0.508 e. The Morgan fingerprint density at radius 2 is 0.708 bits per heavy atom. The third kappa shape index (κ3) is 6.49. The summed E-state index contributed by atoms with van der Waals surface area (Å²) >= 11 is 0. The molecule has 6 aromatic carbocycles. The Balaban J connectivity index is 1.67. The number of aromatic hydroxyl groups is 3. The average Bonchev–Trinajstić information content (AvgIpc) is 3.10. The second kappa shape index (κ2) is 13.1. The van der Waals surface area contributed by atoms with Gasteiger partial charge in [0.05, 0.1) is 5.30 Å². The van der Waals surface area contributed by atoms with E-state index >= 15 is 0 Å². The molecule has 1 aliphatic heterocycles. The van der Waals surface area contributed by atoms with Crippen LogP contribution in [-0.4, -0.2) is 15.3 Å². The van der Waals surface area contributed by atoms with Crippen LogP contribution in [0, 0.1) is 0 Å². The maximum atomic E-state index is 10.4. The molecule has 0 amide bonds. The minimum absolute atomic E-state index is 0.0681. The molecule has 7 rings (SSSR count). The molecule has 1 unspecified atom stereocenters. The number of benzene rings is 6. The fourth-order valence-corrected chi connectivity index (χ4v) is 17.0. The van der Waals surface area contributed by atoms with Crippen molar-refractivity contribution in [2.24, 2.45) is 13.5 Å². The summed E-state index contributed by atoms with van der Waals surface area (Å²) in [5.41, 5.74) is 0. The number of nitrogens with zero attached hydrogens (tertiary/aromatic N) is 3. The van der Waals surface area contributed by atoms with Crippen LogP contribution in [0.25, 0.3) is 0 Å². The maximum absolute atomic E-state index is 10.4. The van der Waals surface area contributed by atoms with Crippen LogP contribution in [0.4, 0.5) is 0 Å². The Labute approximate surface area is 278 Å². The molecule has 3 N–H and O–H groups in total. The van der Waals surface area contributed by atoms with Gasteiger partial charge in [0.1, 0.15) is 41.7 Å². The Kier molecular flexibility index (Phi) is 8.60. The summed E-state index contributed by atoms with van der Waals surface area (Å²) in [5.74, 6) is 1.69. The monoisotopic (exact) mass is 693 g/mol. The zero-order valence-electron chi connectivity index (χ0n) is 25.3. The summed E-state index contributed by atoms with van der Waals surface area (Å²) in [6.07, 6.45) is 0. The van der Waals surface area contributed by atoms with E-state index < -0.39 is 22.3 Å². The van der Waals surface area contributed by atoms with Gasteiger partial charge in [0, 0.05) is 10.6 Å². The minimum atomic E-state index is -3.80. The smallest absolute Gasteiger partial charge is 0.453 e. The largest absolute Gasteiger partial charge is 0.508 e. The van der Waals surface area contributed by atoms with Crippen LogP contribution in [0.1, 0.15) is 0 Å². The highest BCUT2D eigenvalue weighted by Crippen LogP contribution is 2.77. The number of hydrogen-bond acceptors (Lipinski definition) is 9. The lowest BCUT2D eigenvalue weighted by Gasteiger charge is -2.35. The molecule has 1 atom stereocenters. The van der Waals surface area contributed by atoms with Gasteiger partial charge in [0.15, 0.2) is 0 Å². The summed E-state index contributed by atoms with van der Waals surface area (Å²) < 4.78 is 37.2. The average molecular weight is 694 g/mol. The van der Waals surface area contributed by atoms with Gasteiger partial charge in [-0.2, -0.15) is 9.03 Å². The molecule has 1 aliphatic rings. The number of hydrogen-bond donors (Lipinski definition) is 3. The molecule has 240 valence electrons. The van der Waals surface area contributed by atoms with Gasteiger partial charge in [0.25, 0.3) is 7.43 Å². The SMILES string of the molecule is Oc1ccc(P2(Oc3ccccc3)=NP(c3ccc(O)cc3)(c3ccc(O)cc3)=NP(Oc3ccccc3)(Oc3ccccc3)=N2)cc1. The lowest BCUT2D eigenvalue weighted by Crippen LogP contribution is -2.20. The Bertz CT molecular complexity index is 2100. The third-order valence-electron chi connectivity index (χ3n) is 7.24. The van der Waals surface area contributed by atoms with E-state index in [0.29, 0.717) is 33.2 Å². The highest BCUT2D eigenvalue weighted by Gasteiger charge is 2.45. The zero-order chi connectivity index (χ0) is 33.0. The molecular formula is C36H30N3O6P3. The fraction of sp³-hybridized carbons (Fsp3) is 0. The first-order valence-electron chi connectivity index (χ1n) is 14.9. The molecule has 12 heteroatoms. The summed E-state index contributed by atoms with van der Waals surface area (Å²) in [7, 11) is -10.8. The second-order valence-electron chi connectivity index (χ2n) is 10.7. The maximum Gasteiger partial charge on any atom is 0.453 e. The van der Waals surface area contributed by atoms with E-state index in [0.717, 1.165) is 0 Å². The van der Waals surface area contributed by atoms with Crippen LogP contribution in [0.5, 0.6) is 34.5 Å². The normalized spacial score (nSPS) is 17.5. The van der Waals surface area contributed by atoms with E-state index in [4.69, 9.17) is 27.1 Å². The van der Waals surface area contributed by atoms with Crippen molar-refractivity contribution < 1.29 is 28.9 Å². The topological polar surface area (TPSA) is 125 Å². The Morgan fingerprint density at radius 1 is 0.354 bits per heavy atom. The van der Waals surface area contributed by atoms with Gasteiger partial charge >= 0.3 is 7.66 Å². The molecule has 0 fully saturated rings. The molecule has 0 saturated heterocycles. The van der Waals surface area contributed by atoms with E-state index in [9.17, 15) is 15.3 Å². The number of phenols is 3. The van der Waals surface area contributed by atoms with Crippen LogP contribution < -0.4 is 29.5 Å². The first kappa shape index (κ1) is 31.4. The molecular weight excluding hydrogens is 663 g/mol. The first-order valence-corrected chi connectivity index (χ1v) is 19.7. The molecule has 48 heavy (non-hydrogen) atoms. The van der Waals surface area contributed by atoms with Gasteiger partial charge in [-0.3, -0.25) is 0 Å². The highest BCUT2D eigenvalue weighted by atomic mass is 31.3. The standard InChI is InChI=1S/C36H30N3O6P3/c40-28-16-22-34(23-17-28)46(35-24-18-29(41)19-25-35)37-47(36-26-20-30(42)21-27-36,43-31-10-4-1-5-11-31)39-48(38-46,44-32-12-6-2-7-13-32)45-33-14-8-3-9-15-33/h1-27,40-42H. The predicted octanol–water partition coefficient (Wildman–Crippen LogP) is 9.42. The van der Waals surface area contributed by atoms with Crippen LogP contribution >= 0.6 is 22.3 Å². The van der Waals surface area contributed by atoms with Gasteiger partial charge in [-0.25, -0.2) is 0 Å². The first-order chi connectivity index (χ1) is 23.4. The molecule has 0 spiro atoms. The molecule has 0 aliphatic carbocycles. The van der Waals surface area contributed by atoms with E-state index in [-0.39, 0.29) is 17.2 Å². The second-order valence-corrected chi connectivity index (χ2v) is 18.2. The van der Waals surface area contributed by atoms with Crippen molar-refractivity contribution in [2.75, 3.05) is 0 Å². The lowest BCUT2D eigenvalue weighted by molar-refractivity contribution is 0.475. The van der Waals surface area contributed by atoms with Crippen LogP contribution in [-0.2, 0) is 0 Å². The molecule has 0 aromatic heterocycles. The lowest BCUT2D eigenvalue weighted by atomic mass is 10.3.